The first-order chi connectivity index (χ1) is 13.0. The number of halogens is 2. The Bertz CT molecular complexity index is 966. The highest BCUT2D eigenvalue weighted by molar-refractivity contribution is 5.66. The maximum Gasteiger partial charge on any atom is 0.229 e. The average molecular weight is 372 g/mol. The Morgan fingerprint density at radius 1 is 0.852 bits per heavy atom. The third-order valence-corrected chi connectivity index (χ3v) is 3.70. The molecule has 0 spiro atoms. The van der Waals surface area contributed by atoms with Gasteiger partial charge in [0.25, 0.3) is 0 Å². The van der Waals surface area contributed by atoms with Crippen molar-refractivity contribution in [3.8, 4) is 11.5 Å². The van der Waals surface area contributed by atoms with Gasteiger partial charge in [-0.1, -0.05) is 0 Å². The topological polar surface area (TPSA) is 68.3 Å². The van der Waals surface area contributed by atoms with Crippen molar-refractivity contribution in [1.82, 2.24) is 9.97 Å². The summed E-state index contributed by atoms with van der Waals surface area (Å²) in [5, 5.41) is 5.90. The molecule has 3 aromatic rings. The van der Waals surface area contributed by atoms with E-state index >= 15 is 0 Å². The molecule has 1 heterocycles. The number of hydrogen-bond donors (Lipinski definition) is 2. The second-order valence-corrected chi connectivity index (χ2v) is 5.66. The molecule has 140 valence electrons. The van der Waals surface area contributed by atoms with Crippen LogP contribution in [0.15, 0.2) is 42.5 Å². The van der Waals surface area contributed by atoms with Gasteiger partial charge in [0.15, 0.2) is 0 Å². The molecule has 27 heavy (non-hydrogen) atoms. The molecule has 0 bridgehead atoms. The van der Waals surface area contributed by atoms with Gasteiger partial charge in [0.05, 0.1) is 25.6 Å². The molecule has 8 heteroatoms. The molecule has 2 N–H and O–H groups in total. The van der Waals surface area contributed by atoms with Crippen LogP contribution in [0.25, 0.3) is 0 Å². The number of aromatic nitrogens is 2. The van der Waals surface area contributed by atoms with Gasteiger partial charge in [-0.2, -0.15) is 4.98 Å². The van der Waals surface area contributed by atoms with Crippen LogP contribution in [-0.2, 0) is 0 Å². The summed E-state index contributed by atoms with van der Waals surface area (Å²) in [6, 6.07) is 10.2. The maximum atomic E-state index is 13.9. The Morgan fingerprint density at radius 2 is 1.63 bits per heavy atom. The summed E-state index contributed by atoms with van der Waals surface area (Å²) >= 11 is 0. The van der Waals surface area contributed by atoms with Crippen molar-refractivity contribution in [2.45, 2.75) is 6.92 Å². The number of benzene rings is 2. The highest BCUT2D eigenvalue weighted by atomic mass is 19.1. The van der Waals surface area contributed by atoms with E-state index in [1.54, 1.807) is 45.4 Å². The van der Waals surface area contributed by atoms with Crippen LogP contribution in [-0.4, -0.2) is 24.2 Å². The second-order valence-electron chi connectivity index (χ2n) is 5.66. The van der Waals surface area contributed by atoms with Gasteiger partial charge in [0, 0.05) is 23.9 Å². The van der Waals surface area contributed by atoms with Crippen LogP contribution in [0.4, 0.5) is 31.9 Å². The third kappa shape index (κ3) is 4.41. The monoisotopic (exact) mass is 372 g/mol. The van der Waals surface area contributed by atoms with Crippen molar-refractivity contribution in [2.75, 3.05) is 24.9 Å². The third-order valence-electron chi connectivity index (χ3n) is 3.70. The van der Waals surface area contributed by atoms with Crippen LogP contribution in [0.2, 0.25) is 0 Å². The number of rotatable bonds is 6. The predicted octanol–water partition coefficient (Wildman–Crippen LogP) is 4.57. The zero-order chi connectivity index (χ0) is 19.4. The molecule has 0 saturated carbocycles. The van der Waals surface area contributed by atoms with Crippen LogP contribution < -0.4 is 20.1 Å². The van der Waals surface area contributed by atoms with Gasteiger partial charge in [-0.05, 0) is 31.2 Å². The number of aryl methyl sites for hydroxylation is 1. The molecular weight excluding hydrogens is 354 g/mol. The van der Waals surface area contributed by atoms with Crippen LogP contribution >= 0.6 is 0 Å². The van der Waals surface area contributed by atoms with E-state index < -0.39 is 11.6 Å². The van der Waals surface area contributed by atoms with Crippen molar-refractivity contribution in [1.29, 1.82) is 0 Å². The highest BCUT2D eigenvalue weighted by Gasteiger charge is 2.10. The normalized spacial score (nSPS) is 10.4. The quantitative estimate of drug-likeness (QED) is 0.661. The number of anilines is 4. The summed E-state index contributed by atoms with van der Waals surface area (Å²) in [5.41, 5.74) is 1.41. The molecule has 0 aliphatic carbocycles. The van der Waals surface area contributed by atoms with Gasteiger partial charge in [0.2, 0.25) is 5.95 Å². The van der Waals surface area contributed by atoms with Crippen LogP contribution in [0.5, 0.6) is 11.5 Å². The summed E-state index contributed by atoms with van der Waals surface area (Å²) in [5.74, 6) is 0.505. The van der Waals surface area contributed by atoms with Crippen LogP contribution in [0.1, 0.15) is 5.69 Å². The number of ether oxygens (including phenoxy) is 2. The van der Waals surface area contributed by atoms with Crippen molar-refractivity contribution in [3.63, 3.8) is 0 Å². The number of hydrogen-bond acceptors (Lipinski definition) is 6. The van der Waals surface area contributed by atoms with Gasteiger partial charge in [-0.25, -0.2) is 13.8 Å². The van der Waals surface area contributed by atoms with Crippen molar-refractivity contribution in [2.24, 2.45) is 0 Å². The van der Waals surface area contributed by atoms with E-state index in [9.17, 15) is 8.78 Å². The zero-order valence-corrected chi connectivity index (χ0v) is 15.0. The molecule has 0 fully saturated rings. The first kappa shape index (κ1) is 18.4. The number of nitrogens with zero attached hydrogens (tertiary/aromatic N) is 2. The minimum atomic E-state index is -0.711. The molecule has 6 nitrogen and oxygen atoms in total. The Kier molecular flexibility index (Phi) is 5.35. The van der Waals surface area contributed by atoms with Gasteiger partial charge in [-0.15, -0.1) is 0 Å². The predicted molar refractivity (Wildman–Crippen MR) is 99.2 cm³/mol. The molecule has 0 saturated heterocycles. The van der Waals surface area contributed by atoms with E-state index in [2.05, 4.69) is 20.6 Å². The van der Waals surface area contributed by atoms with E-state index in [0.717, 1.165) is 6.07 Å². The Morgan fingerprint density at radius 3 is 2.33 bits per heavy atom. The second kappa shape index (κ2) is 7.86. The van der Waals surface area contributed by atoms with E-state index in [1.807, 2.05) is 0 Å². The first-order valence-corrected chi connectivity index (χ1v) is 8.05. The molecule has 0 unspecified atom stereocenters. The lowest BCUT2D eigenvalue weighted by molar-refractivity contribution is 0.395. The Hall–Kier alpha value is -3.42. The number of nitrogens with one attached hydrogen (secondary N) is 2. The van der Waals surface area contributed by atoms with Gasteiger partial charge < -0.3 is 20.1 Å². The molecule has 3 rings (SSSR count). The summed E-state index contributed by atoms with van der Waals surface area (Å²) in [4.78, 5) is 8.65. The minimum absolute atomic E-state index is 0.113. The lowest BCUT2D eigenvalue weighted by Crippen LogP contribution is -2.04. The van der Waals surface area contributed by atoms with Crippen LogP contribution in [0, 0.1) is 18.6 Å². The van der Waals surface area contributed by atoms with Gasteiger partial charge in [0.1, 0.15) is 29.0 Å². The Balaban J connectivity index is 1.87. The van der Waals surface area contributed by atoms with Crippen LogP contribution in [0.3, 0.4) is 0 Å². The molecular formula is C19H18F2N4O2. The van der Waals surface area contributed by atoms with E-state index in [0.29, 0.717) is 34.6 Å². The first-order valence-electron chi connectivity index (χ1n) is 8.05. The standard InChI is InChI=1S/C19H18F2N4O2/c1-11-8-18(23-15-6-4-12(20)9-14(15)21)25-19(22-11)24-16-7-5-13(26-2)10-17(16)27-3/h4-10H,1-3H3,(H2,22,23,24,25). The summed E-state index contributed by atoms with van der Waals surface area (Å²) in [6.07, 6.45) is 0. The average Bonchev–Trinajstić information content (AvgIpc) is 2.64. The van der Waals surface area contributed by atoms with Crippen molar-refractivity contribution < 1.29 is 18.3 Å². The van der Waals surface area contributed by atoms with Gasteiger partial charge >= 0.3 is 0 Å². The summed E-state index contributed by atoms with van der Waals surface area (Å²) in [6.45, 7) is 1.78. The van der Waals surface area contributed by atoms with Gasteiger partial charge in [-0.3, -0.25) is 0 Å². The minimum Gasteiger partial charge on any atom is -0.497 e. The molecule has 2 aromatic carbocycles. The fourth-order valence-corrected chi connectivity index (χ4v) is 2.44. The van der Waals surface area contributed by atoms with E-state index in [4.69, 9.17) is 9.47 Å². The Labute approximate surface area is 155 Å². The van der Waals surface area contributed by atoms with Crippen molar-refractivity contribution in [3.05, 3.63) is 59.8 Å². The lowest BCUT2D eigenvalue weighted by Gasteiger charge is -2.13. The summed E-state index contributed by atoms with van der Waals surface area (Å²) < 4.78 is 37.4. The van der Waals surface area contributed by atoms with Crippen molar-refractivity contribution >= 4 is 23.1 Å². The fraction of sp³-hybridized carbons (Fsp3) is 0.158. The number of methoxy groups -OCH3 is 2. The largest absolute Gasteiger partial charge is 0.497 e. The maximum absolute atomic E-state index is 13.9. The lowest BCUT2D eigenvalue weighted by atomic mass is 10.2. The smallest absolute Gasteiger partial charge is 0.229 e. The molecule has 0 amide bonds. The summed E-state index contributed by atoms with van der Waals surface area (Å²) in [7, 11) is 3.11. The molecule has 1 aromatic heterocycles. The van der Waals surface area contributed by atoms with E-state index in [1.165, 1.54) is 12.1 Å². The molecule has 0 aliphatic heterocycles. The molecule has 0 radical (unpaired) electrons. The molecule has 0 atom stereocenters. The SMILES string of the molecule is COc1ccc(Nc2nc(C)cc(Nc3ccc(F)cc3F)n2)c(OC)c1. The van der Waals surface area contributed by atoms with E-state index in [-0.39, 0.29) is 5.69 Å². The fourth-order valence-electron chi connectivity index (χ4n) is 2.44. The zero-order valence-electron chi connectivity index (χ0n) is 15.0. The highest BCUT2D eigenvalue weighted by Crippen LogP contribution is 2.31. The molecule has 0 aliphatic rings.